The molecule has 0 aliphatic heterocycles. The predicted octanol–water partition coefficient (Wildman–Crippen LogP) is 3.20. The molecule has 0 aromatic rings. The molecular formula is C12H25N. The standard InChI is InChI=1S/C12H25N/c1-5-11(6-2)9-13-10(3)12(4)7-8-12/h10-11,13H,5-9H2,1-4H3. The first-order chi connectivity index (χ1) is 6.12. The van der Waals surface area contributed by atoms with Gasteiger partial charge in [-0.15, -0.1) is 0 Å². The molecule has 1 saturated carbocycles. The first-order valence-electron chi connectivity index (χ1n) is 5.85. The molecule has 1 rings (SSSR count). The van der Waals surface area contributed by atoms with Crippen LogP contribution in [0.1, 0.15) is 53.4 Å². The van der Waals surface area contributed by atoms with Crippen molar-refractivity contribution in [1.29, 1.82) is 0 Å². The van der Waals surface area contributed by atoms with Crippen LogP contribution in [0.4, 0.5) is 0 Å². The van der Waals surface area contributed by atoms with Crippen LogP contribution in [0, 0.1) is 11.3 Å². The van der Waals surface area contributed by atoms with Gasteiger partial charge in [-0.1, -0.05) is 33.6 Å². The SMILES string of the molecule is CCC(CC)CNC(C)C1(C)CC1. The van der Waals surface area contributed by atoms with Crippen molar-refractivity contribution in [2.24, 2.45) is 11.3 Å². The molecule has 1 fully saturated rings. The van der Waals surface area contributed by atoms with Gasteiger partial charge in [0.05, 0.1) is 0 Å². The van der Waals surface area contributed by atoms with Gasteiger partial charge in [-0.25, -0.2) is 0 Å². The number of hydrogen-bond acceptors (Lipinski definition) is 1. The topological polar surface area (TPSA) is 12.0 Å². The fourth-order valence-electron chi connectivity index (χ4n) is 1.80. The highest BCUT2D eigenvalue weighted by Crippen LogP contribution is 2.47. The number of rotatable bonds is 6. The Balaban J connectivity index is 2.17. The first kappa shape index (κ1) is 11.0. The Morgan fingerprint density at radius 2 is 1.77 bits per heavy atom. The third-order valence-electron chi connectivity index (χ3n) is 3.95. The van der Waals surface area contributed by atoms with Crippen molar-refractivity contribution in [1.82, 2.24) is 5.32 Å². The van der Waals surface area contributed by atoms with Gasteiger partial charge in [0.15, 0.2) is 0 Å². The van der Waals surface area contributed by atoms with E-state index in [9.17, 15) is 0 Å². The number of nitrogens with one attached hydrogen (secondary N) is 1. The van der Waals surface area contributed by atoms with E-state index in [0.717, 1.165) is 5.92 Å². The van der Waals surface area contributed by atoms with Gasteiger partial charge in [0.1, 0.15) is 0 Å². The van der Waals surface area contributed by atoms with Crippen molar-refractivity contribution in [2.45, 2.75) is 59.4 Å². The normalized spacial score (nSPS) is 21.9. The fraction of sp³-hybridized carbons (Fsp3) is 1.00. The van der Waals surface area contributed by atoms with E-state index in [4.69, 9.17) is 0 Å². The second-order valence-electron chi connectivity index (χ2n) is 4.97. The van der Waals surface area contributed by atoms with Crippen molar-refractivity contribution in [2.75, 3.05) is 6.54 Å². The molecule has 1 heteroatoms. The maximum atomic E-state index is 3.69. The Bertz CT molecular complexity index is 145. The van der Waals surface area contributed by atoms with Gasteiger partial charge >= 0.3 is 0 Å². The molecule has 0 saturated heterocycles. The Kier molecular flexibility index (Phi) is 3.78. The lowest BCUT2D eigenvalue weighted by Gasteiger charge is -2.23. The van der Waals surface area contributed by atoms with Crippen LogP contribution in [0.3, 0.4) is 0 Å². The van der Waals surface area contributed by atoms with Crippen LogP contribution in [-0.4, -0.2) is 12.6 Å². The molecule has 0 heterocycles. The Labute approximate surface area is 83.3 Å². The highest BCUT2D eigenvalue weighted by molar-refractivity contribution is 4.96. The first-order valence-corrected chi connectivity index (χ1v) is 5.85. The fourth-order valence-corrected chi connectivity index (χ4v) is 1.80. The summed E-state index contributed by atoms with van der Waals surface area (Å²) >= 11 is 0. The summed E-state index contributed by atoms with van der Waals surface area (Å²) < 4.78 is 0. The molecule has 1 aliphatic carbocycles. The van der Waals surface area contributed by atoms with Crippen LogP contribution < -0.4 is 5.32 Å². The molecule has 0 amide bonds. The molecule has 0 spiro atoms. The van der Waals surface area contributed by atoms with E-state index in [2.05, 4.69) is 33.0 Å². The van der Waals surface area contributed by atoms with Crippen molar-refractivity contribution in [3.05, 3.63) is 0 Å². The zero-order valence-electron chi connectivity index (χ0n) is 9.69. The second kappa shape index (κ2) is 4.45. The van der Waals surface area contributed by atoms with E-state index in [1.165, 1.54) is 32.2 Å². The Hall–Kier alpha value is -0.0400. The predicted molar refractivity (Wildman–Crippen MR) is 58.9 cm³/mol. The maximum Gasteiger partial charge on any atom is 0.00926 e. The second-order valence-corrected chi connectivity index (χ2v) is 4.97. The summed E-state index contributed by atoms with van der Waals surface area (Å²) in [6.07, 6.45) is 5.47. The lowest BCUT2D eigenvalue weighted by Crippen LogP contribution is -2.36. The van der Waals surface area contributed by atoms with E-state index in [1.807, 2.05) is 0 Å². The number of hydrogen-bond donors (Lipinski definition) is 1. The molecular weight excluding hydrogens is 158 g/mol. The molecule has 0 aromatic heterocycles. The van der Waals surface area contributed by atoms with Gasteiger partial charge in [-0.2, -0.15) is 0 Å². The summed E-state index contributed by atoms with van der Waals surface area (Å²) in [6.45, 7) is 10.5. The lowest BCUT2D eigenvalue weighted by molar-refractivity contribution is 0.341. The largest absolute Gasteiger partial charge is 0.313 e. The summed E-state index contributed by atoms with van der Waals surface area (Å²) in [5.41, 5.74) is 0.631. The van der Waals surface area contributed by atoms with E-state index >= 15 is 0 Å². The quantitative estimate of drug-likeness (QED) is 0.667. The molecule has 1 aliphatic rings. The van der Waals surface area contributed by atoms with Gasteiger partial charge in [0.2, 0.25) is 0 Å². The summed E-state index contributed by atoms with van der Waals surface area (Å²) in [5.74, 6) is 0.879. The average molecular weight is 183 g/mol. The van der Waals surface area contributed by atoms with Crippen molar-refractivity contribution >= 4 is 0 Å². The molecule has 0 radical (unpaired) electrons. The van der Waals surface area contributed by atoms with E-state index in [0.29, 0.717) is 11.5 Å². The van der Waals surface area contributed by atoms with Crippen LogP contribution in [0.5, 0.6) is 0 Å². The molecule has 0 bridgehead atoms. The summed E-state index contributed by atoms with van der Waals surface area (Å²) in [5, 5.41) is 3.69. The zero-order chi connectivity index (χ0) is 9.90. The Morgan fingerprint density at radius 3 is 2.15 bits per heavy atom. The smallest absolute Gasteiger partial charge is 0.00926 e. The monoisotopic (exact) mass is 183 g/mol. The lowest BCUT2D eigenvalue weighted by atomic mass is 9.98. The van der Waals surface area contributed by atoms with Gasteiger partial charge in [0, 0.05) is 6.04 Å². The van der Waals surface area contributed by atoms with Gasteiger partial charge < -0.3 is 5.32 Å². The van der Waals surface area contributed by atoms with Crippen molar-refractivity contribution in [3.63, 3.8) is 0 Å². The minimum absolute atomic E-state index is 0.631. The maximum absolute atomic E-state index is 3.69. The van der Waals surface area contributed by atoms with E-state index in [1.54, 1.807) is 0 Å². The van der Waals surface area contributed by atoms with Gasteiger partial charge in [0.25, 0.3) is 0 Å². The van der Waals surface area contributed by atoms with E-state index in [-0.39, 0.29) is 0 Å². The van der Waals surface area contributed by atoms with Crippen LogP contribution in [0.15, 0.2) is 0 Å². The molecule has 1 N–H and O–H groups in total. The third-order valence-corrected chi connectivity index (χ3v) is 3.95. The van der Waals surface area contributed by atoms with Gasteiger partial charge in [-0.05, 0) is 37.6 Å². The molecule has 0 aromatic carbocycles. The minimum atomic E-state index is 0.631. The molecule has 13 heavy (non-hydrogen) atoms. The van der Waals surface area contributed by atoms with Gasteiger partial charge in [-0.3, -0.25) is 0 Å². The summed E-state index contributed by atoms with van der Waals surface area (Å²) in [6, 6.07) is 0.716. The zero-order valence-corrected chi connectivity index (χ0v) is 9.69. The summed E-state index contributed by atoms with van der Waals surface area (Å²) in [4.78, 5) is 0. The minimum Gasteiger partial charge on any atom is -0.313 e. The molecule has 1 nitrogen and oxygen atoms in total. The van der Waals surface area contributed by atoms with E-state index < -0.39 is 0 Å². The molecule has 78 valence electrons. The third kappa shape index (κ3) is 2.98. The van der Waals surface area contributed by atoms with Crippen LogP contribution in [-0.2, 0) is 0 Å². The highest BCUT2D eigenvalue weighted by atomic mass is 14.9. The van der Waals surface area contributed by atoms with Crippen molar-refractivity contribution in [3.8, 4) is 0 Å². The summed E-state index contributed by atoms with van der Waals surface area (Å²) in [7, 11) is 0. The van der Waals surface area contributed by atoms with Crippen LogP contribution in [0.25, 0.3) is 0 Å². The molecule has 1 unspecified atom stereocenters. The Morgan fingerprint density at radius 1 is 1.23 bits per heavy atom. The molecule has 1 atom stereocenters. The average Bonchev–Trinajstić information content (AvgIpc) is 2.86. The van der Waals surface area contributed by atoms with Crippen LogP contribution in [0.2, 0.25) is 0 Å². The van der Waals surface area contributed by atoms with Crippen molar-refractivity contribution < 1.29 is 0 Å². The van der Waals surface area contributed by atoms with Crippen LogP contribution >= 0.6 is 0 Å². The highest BCUT2D eigenvalue weighted by Gasteiger charge is 2.42.